The van der Waals surface area contributed by atoms with Crippen molar-refractivity contribution < 1.29 is 33.1 Å². The molecule has 182 valence electrons. The lowest BCUT2D eigenvalue weighted by atomic mass is 9.99. The number of aliphatic hydroxyl groups excluding tert-OH is 1. The second kappa shape index (κ2) is 8.43. The molecule has 0 amide bonds. The van der Waals surface area contributed by atoms with Gasteiger partial charge in [-0.25, -0.2) is 4.57 Å². The molecule has 12 nitrogen and oxygen atoms in total. The highest BCUT2D eigenvalue weighted by molar-refractivity contribution is 7.48. The van der Waals surface area contributed by atoms with Crippen molar-refractivity contribution in [1.29, 1.82) is 0 Å². The van der Waals surface area contributed by atoms with Crippen LogP contribution in [0.5, 0.6) is 0 Å². The van der Waals surface area contributed by atoms with E-state index in [1.165, 1.54) is 23.8 Å². The highest BCUT2D eigenvalue weighted by Crippen LogP contribution is 2.60. The first kappa shape index (κ1) is 23.5. The van der Waals surface area contributed by atoms with E-state index >= 15 is 0 Å². The molecule has 1 aromatic carbocycles. The van der Waals surface area contributed by atoms with Crippen LogP contribution in [0.2, 0.25) is 5.02 Å². The van der Waals surface area contributed by atoms with E-state index in [0.29, 0.717) is 17.0 Å². The maximum absolute atomic E-state index is 13.3. The van der Waals surface area contributed by atoms with Gasteiger partial charge in [-0.05, 0) is 19.1 Å². The zero-order valence-electron chi connectivity index (χ0n) is 17.8. The summed E-state index contributed by atoms with van der Waals surface area (Å²) in [5, 5.41) is 22.4. The van der Waals surface area contributed by atoms with Crippen molar-refractivity contribution in [2.45, 2.75) is 43.7 Å². The molecule has 0 saturated carbocycles. The van der Waals surface area contributed by atoms with E-state index in [1.807, 2.05) is 0 Å². The first-order valence-corrected chi connectivity index (χ1v) is 12.2. The Hall–Kier alpha value is -2.28. The van der Waals surface area contributed by atoms with Crippen LogP contribution in [0.1, 0.15) is 31.2 Å². The number of aromatic amines is 1. The molecule has 2 aliphatic heterocycles. The van der Waals surface area contributed by atoms with E-state index in [-0.39, 0.29) is 23.6 Å². The minimum absolute atomic E-state index is 0.0457. The SMILES string of the molecule is C[C@@]1(O)[C@H](O)C(OP2(=O)OCC[C@@H](c3ccccc3Cl)O2)O[C@H]1n1ccc2c(=O)[nH]c(N)nc21. The fraction of sp³-hybridized carbons (Fsp3) is 0.400. The summed E-state index contributed by atoms with van der Waals surface area (Å²) < 4.78 is 36.7. The molecule has 14 heteroatoms. The van der Waals surface area contributed by atoms with E-state index < -0.39 is 43.7 Å². The number of hydrogen-bond acceptors (Lipinski definition) is 10. The van der Waals surface area contributed by atoms with Crippen molar-refractivity contribution in [2.24, 2.45) is 0 Å². The van der Waals surface area contributed by atoms with Crippen molar-refractivity contribution in [2.75, 3.05) is 12.3 Å². The zero-order chi connectivity index (χ0) is 24.3. The third-order valence-corrected chi connectivity index (χ3v) is 7.66. The molecule has 2 fully saturated rings. The summed E-state index contributed by atoms with van der Waals surface area (Å²) in [5.41, 5.74) is 3.96. The maximum Gasteiger partial charge on any atom is 0.477 e. The molecule has 2 aromatic heterocycles. The molecule has 5 rings (SSSR count). The number of fused-ring (bicyclic) bond motifs is 1. The molecule has 6 atom stereocenters. The van der Waals surface area contributed by atoms with Gasteiger partial charge in [0.15, 0.2) is 11.9 Å². The number of nitrogen functional groups attached to an aromatic ring is 1. The summed E-state index contributed by atoms with van der Waals surface area (Å²) >= 11 is 6.24. The molecule has 34 heavy (non-hydrogen) atoms. The fourth-order valence-corrected chi connectivity index (χ4v) is 5.79. The number of ether oxygens (including phenoxy) is 1. The number of nitrogens with one attached hydrogen (secondary N) is 1. The lowest BCUT2D eigenvalue weighted by molar-refractivity contribution is -0.145. The molecule has 0 bridgehead atoms. The Bertz CT molecular complexity index is 1340. The van der Waals surface area contributed by atoms with E-state index in [2.05, 4.69) is 9.97 Å². The number of H-pyrrole nitrogens is 1. The molecular formula is C20H22ClN4O8P. The summed E-state index contributed by atoms with van der Waals surface area (Å²) in [5.74, 6) is -0.137. The van der Waals surface area contributed by atoms with Crippen molar-refractivity contribution in [3.8, 4) is 0 Å². The average Bonchev–Trinajstić information content (AvgIpc) is 3.28. The molecular weight excluding hydrogens is 491 g/mol. The van der Waals surface area contributed by atoms with Crippen LogP contribution in [0.25, 0.3) is 11.0 Å². The predicted octanol–water partition coefficient (Wildman–Crippen LogP) is 2.23. The van der Waals surface area contributed by atoms with Gasteiger partial charge in [0, 0.05) is 23.2 Å². The van der Waals surface area contributed by atoms with Gasteiger partial charge in [0.25, 0.3) is 5.56 Å². The number of benzene rings is 1. The van der Waals surface area contributed by atoms with Gasteiger partial charge in [0.05, 0.1) is 18.1 Å². The van der Waals surface area contributed by atoms with E-state index in [0.717, 1.165) is 0 Å². The predicted molar refractivity (Wildman–Crippen MR) is 120 cm³/mol. The highest BCUT2D eigenvalue weighted by atomic mass is 35.5. The third-order valence-electron chi connectivity index (χ3n) is 5.84. The summed E-state index contributed by atoms with van der Waals surface area (Å²) in [7, 11) is -4.22. The van der Waals surface area contributed by atoms with Crippen LogP contribution in [0.3, 0.4) is 0 Å². The Kier molecular flexibility index (Phi) is 5.82. The Morgan fingerprint density at radius 2 is 2.15 bits per heavy atom. The van der Waals surface area contributed by atoms with Gasteiger partial charge in [-0.2, -0.15) is 4.98 Å². The summed E-state index contributed by atoms with van der Waals surface area (Å²) in [6, 6.07) is 8.41. The lowest BCUT2D eigenvalue weighted by Gasteiger charge is -2.31. The largest absolute Gasteiger partial charge is 0.477 e. The number of hydrogen-bond donors (Lipinski definition) is 4. The molecule has 2 saturated heterocycles. The number of rotatable bonds is 4. The topological polar surface area (TPSA) is 171 Å². The molecule has 4 heterocycles. The Labute approximate surface area is 197 Å². The van der Waals surface area contributed by atoms with Crippen molar-refractivity contribution in [3.63, 3.8) is 0 Å². The number of nitrogens with two attached hydrogens (primary N) is 1. The van der Waals surface area contributed by atoms with Crippen LogP contribution in [-0.4, -0.2) is 49.4 Å². The maximum atomic E-state index is 13.3. The van der Waals surface area contributed by atoms with Gasteiger partial charge >= 0.3 is 7.82 Å². The quantitative estimate of drug-likeness (QED) is 0.380. The number of phosphoric acid groups is 1. The number of aliphatic hydroxyl groups is 2. The van der Waals surface area contributed by atoms with E-state index in [9.17, 15) is 19.6 Å². The van der Waals surface area contributed by atoms with Gasteiger partial charge in [-0.15, -0.1) is 0 Å². The van der Waals surface area contributed by atoms with Crippen LogP contribution in [-0.2, 0) is 22.9 Å². The summed E-state index contributed by atoms with van der Waals surface area (Å²) in [6.45, 7) is 1.35. The lowest BCUT2D eigenvalue weighted by Crippen LogP contribution is -2.44. The molecule has 3 aromatic rings. The van der Waals surface area contributed by atoms with Crippen molar-refractivity contribution >= 4 is 36.4 Å². The number of anilines is 1. The normalized spacial score (nSPS) is 34.0. The van der Waals surface area contributed by atoms with Crippen molar-refractivity contribution in [1.82, 2.24) is 14.5 Å². The van der Waals surface area contributed by atoms with Gasteiger partial charge in [-0.1, -0.05) is 29.8 Å². The number of phosphoric ester groups is 1. The molecule has 0 aliphatic carbocycles. The second-order valence-corrected chi connectivity index (χ2v) is 10.2. The van der Waals surface area contributed by atoms with Crippen LogP contribution in [0.15, 0.2) is 41.3 Å². The zero-order valence-corrected chi connectivity index (χ0v) is 19.5. The number of nitrogens with zero attached hydrogens (tertiary/aromatic N) is 2. The highest BCUT2D eigenvalue weighted by Gasteiger charge is 2.57. The molecule has 2 unspecified atom stereocenters. The standard InChI is InChI=1S/C20H22ClN4O8P/c1-20(28)14(26)17(31-18(20)25-8-6-11-15(25)23-19(22)24-16(11)27)33-34(29)30-9-7-13(32-34)10-4-2-3-5-12(10)21/h2-6,8,13-14,17-18,26,28H,7,9H2,1H3,(H3,22,23,24,27)/t13-,14+,17?,18+,20+,34?/m0/s1. The van der Waals surface area contributed by atoms with Crippen molar-refractivity contribution in [3.05, 3.63) is 57.5 Å². The monoisotopic (exact) mass is 512 g/mol. The molecule has 2 aliphatic rings. The van der Waals surface area contributed by atoms with Crippen LogP contribution in [0.4, 0.5) is 5.95 Å². The first-order valence-electron chi connectivity index (χ1n) is 10.4. The van der Waals surface area contributed by atoms with Crippen LogP contribution in [0, 0.1) is 0 Å². The van der Waals surface area contributed by atoms with Gasteiger partial charge < -0.3 is 25.3 Å². The summed E-state index contributed by atoms with van der Waals surface area (Å²) in [4.78, 5) is 18.6. The minimum Gasteiger partial charge on any atom is -0.385 e. The average molecular weight is 513 g/mol. The first-order chi connectivity index (χ1) is 16.1. The summed E-state index contributed by atoms with van der Waals surface area (Å²) in [6.07, 6.45) is -3.36. The Balaban J connectivity index is 1.41. The van der Waals surface area contributed by atoms with Gasteiger partial charge in [0.1, 0.15) is 11.7 Å². The van der Waals surface area contributed by atoms with E-state index in [4.69, 9.17) is 35.6 Å². The second-order valence-electron chi connectivity index (χ2n) is 8.23. The van der Waals surface area contributed by atoms with E-state index in [1.54, 1.807) is 24.3 Å². The molecule has 5 N–H and O–H groups in total. The number of halogens is 1. The third kappa shape index (κ3) is 3.96. The van der Waals surface area contributed by atoms with Gasteiger partial charge in [0.2, 0.25) is 12.2 Å². The Morgan fingerprint density at radius 3 is 2.91 bits per heavy atom. The van der Waals surface area contributed by atoms with Crippen LogP contribution >= 0.6 is 19.4 Å². The Morgan fingerprint density at radius 1 is 1.38 bits per heavy atom. The number of aromatic nitrogens is 3. The van der Waals surface area contributed by atoms with Crippen LogP contribution < -0.4 is 11.3 Å². The smallest absolute Gasteiger partial charge is 0.385 e. The van der Waals surface area contributed by atoms with Gasteiger partial charge in [-0.3, -0.25) is 23.3 Å². The molecule has 0 spiro atoms. The molecule has 0 radical (unpaired) electrons. The minimum atomic E-state index is -4.22. The fourth-order valence-electron chi connectivity index (χ4n) is 4.08.